The van der Waals surface area contributed by atoms with Crippen molar-refractivity contribution in [3.05, 3.63) is 96.6 Å². The second-order valence-electron chi connectivity index (χ2n) is 10.6. The van der Waals surface area contributed by atoms with Crippen molar-refractivity contribution in [2.24, 2.45) is 0 Å². The van der Waals surface area contributed by atoms with Gasteiger partial charge >= 0.3 is 0 Å². The van der Waals surface area contributed by atoms with E-state index in [1.54, 1.807) is 12.1 Å². The Morgan fingerprint density at radius 1 is 0.435 bits per heavy atom. The van der Waals surface area contributed by atoms with Crippen LogP contribution in [0.5, 0.6) is 0 Å². The van der Waals surface area contributed by atoms with Crippen molar-refractivity contribution in [1.29, 1.82) is 0 Å². The van der Waals surface area contributed by atoms with Gasteiger partial charge in [0.2, 0.25) is 11.8 Å². The number of oxazole rings is 2. The lowest BCUT2D eigenvalue weighted by Gasteiger charge is -1.96. The predicted octanol–water partition coefficient (Wildman–Crippen LogP) is 11.4. The Bertz CT molecular complexity index is 2560. The molecular formula is C34H14F2N4O2S4. The summed E-state index contributed by atoms with van der Waals surface area (Å²) in [6.07, 6.45) is 0. The Morgan fingerprint density at radius 2 is 0.891 bits per heavy atom. The quantitative estimate of drug-likeness (QED) is 0.185. The molecule has 6 aromatic heterocycles. The predicted molar refractivity (Wildman–Crippen MR) is 183 cm³/mol. The van der Waals surface area contributed by atoms with Crippen molar-refractivity contribution >= 4 is 98.8 Å². The highest BCUT2D eigenvalue weighted by molar-refractivity contribution is 7.27. The SMILES string of the molecule is Fc1ccc2sc(-c3ccc(-c4nc5cc6cc7oc(-c8ccc(-c9nc%10cc(F)ccc%10s9)s8)nc7cc6cc5o4)s3)nc2c1. The Hall–Kier alpha value is -4.88. The van der Waals surface area contributed by atoms with Gasteiger partial charge in [0.15, 0.2) is 11.2 Å². The van der Waals surface area contributed by atoms with Crippen LogP contribution in [-0.4, -0.2) is 19.9 Å². The van der Waals surface area contributed by atoms with E-state index >= 15 is 0 Å². The highest BCUT2D eigenvalue weighted by Crippen LogP contribution is 2.41. The molecule has 10 aromatic rings. The zero-order valence-corrected chi connectivity index (χ0v) is 26.3. The third-order valence-corrected chi connectivity index (χ3v) is 12.2. The van der Waals surface area contributed by atoms with Gasteiger partial charge in [0.05, 0.1) is 39.9 Å². The largest absolute Gasteiger partial charge is 0.435 e. The van der Waals surface area contributed by atoms with Crippen LogP contribution in [-0.2, 0) is 0 Å². The summed E-state index contributed by atoms with van der Waals surface area (Å²) in [6, 6.07) is 25.2. The molecular weight excluding hydrogens is 663 g/mol. The van der Waals surface area contributed by atoms with E-state index in [0.29, 0.717) is 34.0 Å². The number of fused-ring (bicyclic) bond motifs is 5. The van der Waals surface area contributed by atoms with Gasteiger partial charge in [-0.2, -0.15) is 0 Å². The van der Waals surface area contributed by atoms with Crippen molar-refractivity contribution in [3.63, 3.8) is 0 Å². The van der Waals surface area contributed by atoms with E-state index in [1.807, 2.05) is 48.5 Å². The monoisotopic (exact) mass is 676 g/mol. The lowest BCUT2D eigenvalue weighted by atomic mass is 10.1. The van der Waals surface area contributed by atoms with E-state index in [1.165, 1.54) is 69.6 Å². The first-order chi connectivity index (χ1) is 22.5. The van der Waals surface area contributed by atoms with Crippen LogP contribution in [0.4, 0.5) is 8.78 Å². The molecule has 0 N–H and O–H groups in total. The van der Waals surface area contributed by atoms with E-state index in [-0.39, 0.29) is 11.6 Å². The van der Waals surface area contributed by atoms with Crippen molar-refractivity contribution < 1.29 is 17.6 Å². The van der Waals surface area contributed by atoms with Gasteiger partial charge in [-0.1, -0.05) is 0 Å². The summed E-state index contributed by atoms with van der Waals surface area (Å²) in [5.41, 5.74) is 4.14. The number of hydrogen-bond acceptors (Lipinski definition) is 10. The first-order valence-electron chi connectivity index (χ1n) is 14.0. The van der Waals surface area contributed by atoms with Crippen LogP contribution in [0.1, 0.15) is 0 Å². The average molecular weight is 677 g/mol. The molecule has 220 valence electrons. The fourth-order valence-electron chi connectivity index (χ4n) is 5.45. The molecule has 0 saturated heterocycles. The fraction of sp³-hybridized carbons (Fsp3) is 0. The topological polar surface area (TPSA) is 77.8 Å². The minimum atomic E-state index is -0.294. The number of benzene rings is 4. The molecule has 12 heteroatoms. The molecule has 0 radical (unpaired) electrons. The summed E-state index contributed by atoms with van der Waals surface area (Å²) in [6.45, 7) is 0. The molecule has 0 aliphatic heterocycles. The van der Waals surface area contributed by atoms with Gasteiger partial charge in [0.1, 0.15) is 32.7 Å². The third kappa shape index (κ3) is 4.29. The zero-order valence-electron chi connectivity index (χ0n) is 23.1. The van der Waals surface area contributed by atoms with Crippen molar-refractivity contribution in [3.8, 4) is 41.3 Å². The number of rotatable bonds is 4. The minimum Gasteiger partial charge on any atom is -0.435 e. The Kier molecular flexibility index (Phi) is 5.62. The number of hydrogen-bond donors (Lipinski definition) is 0. The smallest absolute Gasteiger partial charge is 0.237 e. The van der Waals surface area contributed by atoms with Crippen LogP contribution < -0.4 is 0 Å². The molecule has 0 bridgehead atoms. The van der Waals surface area contributed by atoms with E-state index < -0.39 is 0 Å². The number of aromatic nitrogens is 4. The van der Waals surface area contributed by atoms with E-state index in [9.17, 15) is 8.78 Å². The molecule has 0 aliphatic carbocycles. The molecule has 6 nitrogen and oxygen atoms in total. The van der Waals surface area contributed by atoms with Gasteiger partial charge in [-0.3, -0.25) is 0 Å². The zero-order chi connectivity index (χ0) is 30.5. The number of nitrogens with zero attached hydrogens (tertiary/aromatic N) is 4. The second-order valence-corrected chi connectivity index (χ2v) is 14.8. The molecule has 0 amide bonds. The Balaban J connectivity index is 0.968. The van der Waals surface area contributed by atoms with Crippen LogP contribution in [0, 0.1) is 11.6 Å². The maximum Gasteiger partial charge on any atom is 0.237 e. The van der Waals surface area contributed by atoms with Gasteiger partial charge in [0.25, 0.3) is 0 Å². The van der Waals surface area contributed by atoms with Crippen LogP contribution in [0.15, 0.2) is 93.8 Å². The van der Waals surface area contributed by atoms with Crippen LogP contribution >= 0.6 is 45.3 Å². The number of thiazole rings is 2. The summed E-state index contributed by atoms with van der Waals surface area (Å²) >= 11 is 6.14. The van der Waals surface area contributed by atoms with E-state index in [4.69, 9.17) is 18.8 Å². The molecule has 0 fully saturated rings. The van der Waals surface area contributed by atoms with Crippen LogP contribution in [0.2, 0.25) is 0 Å². The second kappa shape index (κ2) is 9.81. The lowest BCUT2D eigenvalue weighted by Crippen LogP contribution is -1.76. The summed E-state index contributed by atoms with van der Waals surface area (Å²) in [4.78, 5) is 22.5. The molecule has 4 aromatic carbocycles. The highest BCUT2D eigenvalue weighted by Gasteiger charge is 2.18. The van der Waals surface area contributed by atoms with Crippen molar-refractivity contribution in [2.75, 3.05) is 0 Å². The lowest BCUT2D eigenvalue weighted by molar-refractivity contribution is 0.621. The molecule has 0 atom stereocenters. The Labute approximate surface area is 272 Å². The third-order valence-electron chi connectivity index (χ3n) is 7.61. The molecule has 0 saturated carbocycles. The van der Waals surface area contributed by atoms with Gasteiger partial charge in [-0.05, 0) is 83.6 Å². The summed E-state index contributed by atoms with van der Waals surface area (Å²) in [5, 5.41) is 3.59. The summed E-state index contributed by atoms with van der Waals surface area (Å²) < 4.78 is 41.6. The van der Waals surface area contributed by atoms with Gasteiger partial charge in [-0.25, -0.2) is 28.7 Å². The minimum absolute atomic E-state index is 0.294. The highest BCUT2D eigenvalue weighted by atomic mass is 32.1. The van der Waals surface area contributed by atoms with Crippen LogP contribution in [0.25, 0.3) is 94.7 Å². The Morgan fingerprint density at radius 3 is 1.37 bits per heavy atom. The summed E-state index contributed by atoms with van der Waals surface area (Å²) in [5.74, 6) is 0.476. The molecule has 0 unspecified atom stereocenters. The molecule has 6 heterocycles. The number of thiophene rings is 2. The maximum absolute atomic E-state index is 13.6. The molecule has 0 aliphatic rings. The van der Waals surface area contributed by atoms with Crippen molar-refractivity contribution in [2.45, 2.75) is 0 Å². The van der Waals surface area contributed by atoms with Gasteiger partial charge in [-0.15, -0.1) is 45.3 Å². The van der Waals surface area contributed by atoms with Crippen molar-refractivity contribution in [1.82, 2.24) is 19.9 Å². The first-order valence-corrected chi connectivity index (χ1v) is 17.2. The van der Waals surface area contributed by atoms with E-state index in [0.717, 1.165) is 60.7 Å². The molecule has 0 spiro atoms. The fourth-order valence-corrected chi connectivity index (χ4v) is 9.32. The van der Waals surface area contributed by atoms with Gasteiger partial charge < -0.3 is 8.83 Å². The normalized spacial score (nSPS) is 12.1. The standard InChI is InChI=1S/C34H14F2N4O2S4/c35-17-1-3-25-21(13-17)39-33(45-25)29-7-5-27(43-29)31-37-19-9-15-12-24-20(10-16(15)11-23(19)41-31)38-32(42-24)28-6-8-30(44-28)34-40-22-14-18(36)2-4-26(22)46-34/h1-14H. The first kappa shape index (κ1) is 26.3. The van der Waals surface area contributed by atoms with Gasteiger partial charge in [0, 0.05) is 12.1 Å². The molecule has 10 rings (SSSR count). The number of halogens is 2. The average Bonchev–Trinajstić information content (AvgIpc) is 3.87. The van der Waals surface area contributed by atoms with E-state index in [2.05, 4.69) is 9.97 Å². The maximum atomic E-state index is 13.6. The molecule has 46 heavy (non-hydrogen) atoms. The summed E-state index contributed by atoms with van der Waals surface area (Å²) in [7, 11) is 0. The van der Waals surface area contributed by atoms with Crippen LogP contribution in [0.3, 0.4) is 0 Å².